The Balaban J connectivity index is 1.26. The molecule has 5 rings (SSSR count). The molecule has 4 aromatic rings. The third-order valence-electron chi connectivity index (χ3n) is 6.48. The molecule has 0 radical (unpaired) electrons. The zero-order valence-electron chi connectivity index (χ0n) is 19.5. The van der Waals surface area contributed by atoms with Crippen LogP contribution >= 0.6 is 11.3 Å². The van der Waals surface area contributed by atoms with Crippen molar-refractivity contribution >= 4 is 31.6 Å². The normalized spacial score (nSPS) is 15.0. The largest absolute Gasteiger partial charge is 0.308 e. The monoisotopic (exact) mass is 507 g/mol. The molecule has 8 heteroatoms. The fourth-order valence-corrected chi connectivity index (χ4v) is 6.58. The van der Waals surface area contributed by atoms with Gasteiger partial charge in [-0.2, -0.15) is 0 Å². The maximum atomic E-state index is 13.0. The van der Waals surface area contributed by atoms with Crippen molar-refractivity contribution in [3.63, 3.8) is 0 Å². The highest BCUT2D eigenvalue weighted by Crippen LogP contribution is 2.23. The zero-order chi connectivity index (χ0) is 24.3. The van der Waals surface area contributed by atoms with Crippen LogP contribution in [0.5, 0.6) is 0 Å². The van der Waals surface area contributed by atoms with Crippen LogP contribution in [0.15, 0.2) is 82.5 Å². The maximum absolute atomic E-state index is 13.0. The van der Waals surface area contributed by atoms with Crippen LogP contribution in [-0.2, 0) is 29.7 Å². The van der Waals surface area contributed by atoms with Gasteiger partial charge in [-0.1, -0.05) is 72.4 Å². The molecule has 1 aromatic heterocycles. The first-order valence-electron chi connectivity index (χ1n) is 12.0. The van der Waals surface area contributed by atoms with Crippen molar-refractivity contribution in [2.45, 2.75) is 43.8 Å². The van der Waals surface area contributed by atoms with E-state index in [-0.39, 0.29) is 16.3 Å². The molecule has 6 nitrogen and oxygen atoms in total. The minimum absolute atomic E-state index is 0.101. The van der Waals surface area contributed by atoms with E-state index in [1.807, 2.05) is 42.5 Å². The summed E-state index contributed by atoms with van der Waals surface area (Å²) in [5, 5.41) is 0. The summed E-state index contributed by atoms with van der Waals surface area (Å²) in [5.41, 5.74) is 3.93. The molecule has 3 aromatic carbocycles. The second kappa shape index (κ2) is 10.5. The fraction of sp³-hybridized carbons (Fsp3) is 0.296. The molecule has 0 unspecified atom stereocenters. The Morgan fingerprint density at radius 1 is 0.800 bits per heavy atom. The molecule has 0 bridgehead atoms. The van der Waals surface area contributed by atoms with E-state index >= 15 is 0 Å². The number of aromatic nitrogens is 1. The van der Waals surface area contributed by atoms with Gasteiger partial charge in [0.1, 0.15) is 0 Å². The Morgan fingerprint density at radius 3 is 2.23 bits per heavy atom. The second-order valence-corrected chi connectivity index (χ2v) is 11.8. The lowest BCUT2D eigenvalue weighted by Crippen LogP contribution is -2.29. The molecule has 1 fully saturated rings. The van der Waals surface area contributed by atoms with Gasteiger partial charge in [0.05, 0.1) is 21.7 Å². The summed E-state index contributed by atoms with van der Waals surface area (Å²) >= 11 is 1.07. The average Bonchev–Trinajstić information content (AvgIpc) is 3.19. The van der Waals surface area contributed by atoms with Crippen LogP contribution in [0.3, 0.4) is 0 Å². The molecule has 182 valence electrons. The van der Waals surface area contributed by atoms with Crippen molar-refractivity contribution in [3.8, 4) is 0 Å². The number of hydrogen-bond donors (Lipinski definition) is 1. The number of hydrogen-bond acceptors (Lipinski definition) is 5. The first kappa shape index (κ1) is 23.9. The summed E-state index contributed by atoms with van der Waals surface area (Å²) < 4.78 is 31.0. The molecule has 2 heterocycles. The number of thiazole rings is 1. The molecule has 35 heavy (non-hydrogen) atoms. The molecular weight excluding hydrogens is 478 g/mol. The lowest BCUT2D eigenvalue weighted by atomic mass is 10.1. The summed E-state index contributed by atoms with van der Waals surface area (Å²) in [4.78, 5) is 15.1. The van der Waals surface area contributed by atoms with E-state index in [4.69, 9.17) is 0 Å². The molecule has 1 saturated heterocycles. The van der Waals surface area contributed by atoms with E-state index in [2.05, 4.69) is 21.8 Å². The number of nitrogens with zero attached hydrogens (tertiary/aromatic N) is 2. The Kier molecular flexibility index (Phi) is 7.15. The van der Waals surface area contributed by atoms with Crippen molar-refractivity contribution in [2.24, 2.45) is 0 Å². The minimum Gasteiger partial charge on any atom is -0.299 e. The Morgan fingerprint density at radius 2 is 1.49 bits per heavy atom. The van der Waals surface area contributed by atoms with E-state index in [1.165, 1.54) is 24.8 Å². The smallest absolute Gasteiger partial charge is 0.299 e. The number of sulfonamides is 1. The summed E-state index contributed by atoms with van der Waals surface area (Å²) in [6, 6.07) is 22.8. The number of fused-ring (bicyclic) bond motifs is 1. The summed E-state index contributed by atoms with van der Waals surface area (Å²) in [6.45, 7) is 3.92. The molecule has 1 N–H and O–H groups in total. The van der Waals surface area contributed by atoms with Crippen molar-refractivity contribution < 1.29 is 8.42 Å². The number of piperidine rings is 1. The molecule has 0 amide bonds. The quantitative estimate of drug-likeness (QED) is 0.379. The Hall–Kier alpha value is -2.78. The Bertz CT molecular complexity index is 1450. The van der Waals surface area contributed by atoms with E-state index in [0.29, 0.717) is 11.2 Å². The van der Waals surface area contributed by atoms with Gasteiger partial charge >= 0.3 is 4.87 Å². The molecule has 0 spiro atoms. The van der Waals surface area contributed by atoms with Crippen LogP contribution < -0.4 is 9.60 Å². The van der Waals surface area contributed by atoms with Crippen molar-refractivity contribution in [1.82, 2.24) is 14.2 Å². The Labute approximate surface area is 209 Å². The molecule has 0 aliphatic carbocycles. The molecule has 1 aliphatic heterocycles. The van der Waals surface area contributed by atoms with E-state index in [0.717, 1.165) is 47.6 Å². The minimum atomic E-state index is -3.71. The predicted octanol–water partition coefficient (Wildman–Crippen LogP) is 4.58. The zero-order valence-corrected chi connectivity index (χ0v) is 21.2. The molecular formula is C27H29N3O3S2. The van der Waals surface area contributed by atoms with Crippen molar-refractivity contribution in [1.29, 1.82) is 0 Å². The van der Waals surface area contributed by atoms with Gasteiger partial charge in [0.2, 0.25) is 10.0 Å². The number of benzene rings is 3. The lowest BCUT2D eigenvalue weighted by Gasteiger charge is -2.26. The summed E-state index contributed by atoms with van der Waals surface area (Å²) in [5.74, 6) is 0. The van der Waals surface area contributed by atoms with Crippen molar-refractivity contribution in [3.05, 3.63) is 99.2 Å². The van der Waals surface area contributed by atoms with Gasteiger partial charge in [-0.25, -0.2) is 13.1 Å². The summed E-state index contributed by atoms with van der Waals surface area (Å²) in [6.07, 6.45) is 3.85. The number of rotatable bonds is 8. The lowest BCUT2D eigenvalue weighted by molar-refractivity contribution is 0.221. The topological polar surface area (TPSA) is 71.4 Å². The van der Waals surface area contributed by atoms with Gasteiger partial charge in [0.25, 0.3) is 0 Å². The summed E-state index contributed by atoms with van der Waals surface area (Å²) in [7, 11) is -3.71. The molecule has 1 aliphatic rings. The van der Waals surface area contributed by atoms with Gasteiger partial charge < -0.3 is 0 Å². The van der Waals surface area contributed by atoms with Crippen LogP contribution in [0.25, 0.3) is 10.2 Å². The van der Waals surface area contributed by atoms with Crippen LogP contribution in [0.4, 0.5) is 0 Å². The van der Waals surface area contributed by atoms with Crippen LogP contribution in [0.2, 0.25) is 0 Å². The molecule has 0 saturated carbocycles. The second-order valence-electron chi connectivity index (χ2n) is 9.05. The van der Waals surface area contributed by atoms with E-state index in [1.54, 1.807) is 22.8 Å². The van der Waals surface area contributed by atoms with E-state index < -0.39 is 10.0 Å². The van der Waals surface area contributed by atoms with Crippen molar-refractivity contribution in [2.75, 3.05) is 13.1 Å². The van der Waals surface area contributed by atoms with Crippen LogP contribution in [0, 0.1) is 0 Å². The SMILES string of the molecule is O=c1sc2cc(S(=O)(=O)NCc3ccc(CN4CCCCC4)cc3)ccc2n1Cc1ccccc1. The fourth-order valence-electron chi connectivity index (χ4n) is 4.53. The third-order valence-corrected chi connectivity index (χ3v) is 8.82. The maximum Gasteiger partial charge on any atom is 0.308 e. The van der Waals surface area contributed by atoms with Gasteiger partial charge in [-0.3, -0.25) is 14.3 Å². The first-order chi connectivity index (χ1) is 17.0. The van der Waals surface area contributed by atoms with Crippen LogP contribution in [0.1, 0.15) is 36.0 Å². The van der Waals surface area contributed by atoms with Gasteiger partial charge in [0, 0.05) is 13.1 Å². The van der Waals surface area contributed by atoms with Crippen LogP contribution in [-0.4, -0.2) is 31.0 Å². The van der Waals surface area contributed by atoms with E-state index in [9.17, 15) is 13.2 Å². The number of nitrogens with one attached hydrogen (secondary N) is 1. The predicted molar refractivity (Wildman–Crippen MR) is 141 cm³/mol. The molecule has 0 atom stereocenters. The van der Waals surface area contributed by atoms with Gasteiger partial charge in [0.15, 0.2) is 0 Å². The highest BCUT2D eigenvalue weighted by molar-refractivity contribution is 7.89. The van der Waals surface area contributed by atoms with Gasteiger partial charge in [-0.05, 0) is 60.8 Å². The highest BCUT2D eigenvalue weighted by atomic mass is 32.2. The third kappa shape index (κ3) is 5.73. The first-order valence-corrected chi connectivity index (χ1v) is 14.3. The van der Waals surface area contributed by atoms with Gasteiger partial charge in [-0.15, -0.1) is 0 Å². The highest BCUT2D eigenvalue weighted by Gasteiger charge is 2.17. The standard InChI is InChI=1S/C27H29N3O3S2/c31-27-30(20-22-7-3-1-4-8-22)25-14-13-24(17-26(25)34-27)35(32,33)28-18-21-9-11-23(12-10-21)19-29-15-5-2-6-16-29/h1,3-4,7-14,17,28H,2,5-6,15-16,18-20H2. The number of likely N-dealkylation sites (tertiary alicyclic amines) is 1. The average molecular weight is 508 g/mol.